The molecule has 0 radical (unpaired) electrons. The Kier molecular flexibility index (Phi) is 4.52. The highest BCUT2D eigenvalue weighted by Gasteiger charge is 2.09. The third-order valence-corrected chi connectivity index (χ3v) is 2.55. The number of nitrogens with zero attached hydrogens (tertiary/aromatic N) is 5. The Morgan fingerprint density at radius 3 is 2.86 bits per heavy atom. The number of hydrogen-bond acceptors (Lipinski definition) is 6. The minimum absolute atomic E-state index is 0.000154. The van der Waals surface area contributed by atoms with E-state index < -0.39 is 4.92 Å². The fraction of sp³-hybridized carbons (Fsp3) is 0. The largest absolute Gasteiger partial charge is 0.380 e. The lowest BCUT2D eigenvalue weighted by Crippen LogP contribution is -2.15. The van der Waals surface area contributed by atoms with E-state index in [0.717, 1.165) is 0 Å². The predicted octanol–water partition coefficient (Wildman–Crippen LogP) is 1.78. The quantitative estimate of drug-likeness (QED) is 0.399. The number of nitro benzene ring substituents is 1. The van der Waals surface area contributed by atoms with Gasteiger partial charge in [-0.3, -0.25) is 15.1 Å². The number of nitrogens with two attached hydrogens (primary N) is 1. The molecule has 0 amide bonds. The highest BCUT2D eigenvalue weighted by atomic mass is 35.5. The van der Waals surface area contributed by atoms with E-state index in [4.69, 9.17) is 17.3 Å². The summed E-state index contributed by atoms with van der Waals surface area (Å²) >= 11 is 5.68. The second-order valence-corrected chi connectivity index (χ2v) is 4.16. The summed E-state index contributed by atoms with van der Waals surface area (Å²) in [4.78, 5) is 18.0. The Balaban J connectivity index is 2.22. The minimum atomic E-state index is -0.503. The lowest BCUT2D eigenvalue weighted by atomic mass is 10.2. The zero-order valence-electron chi connectivity index (χ0n) is 10.5. The van der Waals surface area contributed by atoms with Crippen molar-refractivity contribution in [1.29, 1.82) is 0 Å². The number of hydrogen-bond donors (Lipinski definition) is 1. The van der Waals surface area contributed by atoms with Gasteiger partial charge in [-0.1, -0.05) is 23.7 Å². The third kappa shape index (κ3) is 3.80. The van der Waals surface area contributed by atoms with Gasteiger partial charge < -0.3 is 5.73 Å². The fourth-order valence-electron chi connectivity index (χ4n) is 1.43. The number of halogens is 1. The lowest BCUT2D eigenvalue weighted by Gasteiger charge is -1.97. The van der Waals surface area contributed by atoms with Crippen LogP contribution in [0.4, 0.5) is 5.69 Å². The van der Waals surface area contributed by atoms with Crippen molar-refractivity contribution in [1.82, 2.24) is 9.97 Å². The molecule has 0 saturated heterocycles. The van der Waals surface area contributed by atoms with Crippen LogP contribution >= 0.6 is 11.6 Å². The summed E-state index contributed by atoms with van der Waals surface area (Å²) in [6.45, 7) is 0. The Labute approximate surface area is 124 Å². The maximum absolute atomic E-state index is 10.8. The van der Waals surface area contributed by atoms with Crippen molar-refractivity contribution in [2.75, 3.05) is 0 Å². The molecule has 0 fully saturated rings. The van der Waals surface area contributed by atoms with Crippen LogP contribution in [0.5, 0.6) is 0 Å². The molecule has 0 unspecified atom stereocenters. The van der Waals surface area contributed by atoms with Crippen molar-refractivity contribution in [2.45, 2.75) is 0 Å². The third-order valence-electron chi connectivity index (χ3n) is 2.36. The van der Waals surface area contributed by atoms with E-state index in [0.29, 0.717) is 5.56 Å². The first-order valence-electron chi connectivity index (χ1n) is 5.66. The molecule has 0 spiro atoms. The number of aromatic nitrogens is 2. The minimum Gasteiger partial charge on any atom is -0.380 e. The van der Waals surface area contributed by atoms with E-state index in [2.05, 4.69) is 20.2 Å². The number of rotatable bonds is 4. The van der Waals surface area contributed by atoms with E-state index >= 15 is 0 Å². The Morgan fingerprint density at radius 1 is 1.38 bits per heavy atom. The van der Waals surface area contributed by atoms with Gasteiger partial charge in [-0.25, -0.2) is 4.98 Å². The number of benzene rings is 1. The smallest absolute Gasteiger partial charge is 0.278 e. The molecular weight excluding hydrogens is 296 g/mol. The van der Waals surface area contributed by atoms with Crippen LogP contribution in [0.1, 0.15) is 11.3 Å². The SMILES string of the molecule is NC(=N/N=C\c1ccccc1[N+](=O)[O-])c1cncc(Cl)n1. The second-order valence-electron chi connectivity index (χ2n) is 3.77. The lowest BCUT2D eigenvalue weighted by molar-refractivity contribution is -0.385. The Morgan fingerprint density at radius 2 is 2.14 bits per heavy atom. The van der Waals surface area contributed by atoms with Gasteiger partial charge in [-0.2, -0.15) is 5.10 Å². The van der Waals surface area contributed by atoms with Crippen molar-refractivity contribution in [3.05, 3.63) is 63.2 Å². The van der Waals surface area contributed by atoms with Crippen LogP contribution in [0.25, 0.3) is 0 Å². The van der Waals surface area contributed by atoms with Gasteiger partial charge in [-0.05, 0) is 6.07 Å². The van der Waals surface area contributed by atoms with Gasteiger partial charge in [0.05, 0.1) is 29.1 Å². The topological polar surface area (TPSA) is 120 Å². The summed E-state index contributed by atoms with van der Waals surface area (Å²) < 4.78 is 0. The monoisotopic (exact) mass is 304 g/mol. The molecule has 2 N–H and O–H groups in total. The second kappa shape index (κ2) is 6.53. The van der Waals surface area contributed by atoms with E-state index in [1.54, 1.807) is 18.2 Å². The molecule has 0 aliphatic heterocycles. The predicted molar refractivity (Wildman–Crippen MR) is 78.5 cm³/mol. The molecule has 1 aromatic heterocycles. The van der Waals surface area contributed by atoms with Crippen molar-refractivity contribution < 1.29 is 4.92 Å². The first kappa shape index (κ1) is 14.5. The van der Waals surface area contributed by atoms with Crippen LogP contribution in [0, 0.1) is 10.1 Å². The fourth-order valence-corrected chi connectivity index (χ4v) is 1.58. The first-order valence-corrected chi connectivity index (χ1v) is 6.03. The molecule has 0 atom stereocenters. The summed E-state index contributed by atoms with van der Waals surface area (Å²) in [5.74, 6) is -0.000154. The van der Waals surface area contributed by atoms with Crippen LogP contribution in [0.15, 0.2) is 46.9 Å². The van der Waals surface area contributed by atoms with Crippen molar-refractivity contribution >= 4 is 29.3 Å². The van der Waals surface area contributed by atoms with E-state index in [1.807, 2.05) is 0 Å². The van der Waals surface area contributed by atoms with Crippen molar-refractivity contribution in [2.24, 2.45) is 15.9 Å². The summed E-state index contributed by atoms with van der Waals surface area (Å²) in [7, 11) is 0. The molecular formula is C12H9ClN6O2. The molecule has 0 saturated carbocycles. The van der Waals surface area contributed by atoms with Crippen LogP contribution in [-0.4, -0.2) is 26.9 Å². The number of amidine groups is 1. The van der Waals surface area contributed by atoms with Gasteiger partial charge in [0.15, 0.2) is 5.84 Å². The summed E-state index contributed by atoms with van der Waals surface area (Å²) in [6, 6.07) is 6.14. The van der Waals surface area contributed by atoms with Gasteiger partial charge in [-0.15, -0.1) is 5.10 Å². The number of para-hydroxylation sites is 1. The van der Waals surface area contributed by atoms with Crippen LogP contribution in [0.3, 0.4) is 0 Å². The normalized spacial score (nSPS) is 11.8. The first-order chi connectivity index (χ1) is 10.1. The average Bonchev–Trinajstić information content (AvgIpc) is 2.47. The molecule has 9 heteroatoms. The zero-order chi connectivity index (χ0) is 15.2. The summed E-state index contributed by atoms with van der Waals surface area (Å²) in [6.07, 6.45) is 3.98. The molecule has 1 aromatic carbocycles. The molecule has 8 nitrogen and oxygen atoms in total. The molecule has 0 bridgehead atoms. The molecule has 1 heterocycles. The van der Waals surface area contributed by atoms with Crippen LogP contribution in [0.2, 0.25) is 5.15 Å². The van der Waals surface area contributed by atoms with Gasteiger partial charge >= 0.3 is 0 Å². The van der Waals surface area contributed by atoms with Crippen LogP contribution in [-0.2, 0) is 0 Å². The molecule has 21 heavy (non-hydrogen) atoms. The summed E-state index contributed by atoms with van der Waals surface area (Å²) in [5, 5.41) is 18.4. The maximum atomic E-state index is 10.8. The molecule has 2 aromatic rings. The highest BCUT2D eigenvalue weighted by Crippen LogP contribution is 2.15. The molecule has 106 valence electrons. The highest BCUT2D eigenvalue weighted by molar-refractivity contribution is 6.29. The molecule has 0 aliphatic carbocycles. The zero-order valence-corrected chi connectivity index (χ0v) is 11.3. The van der Waals surface area contributed by atoms with E-state index in [-0.39, 0.29) is 22.4 Å². The van der Waals surface area contributed by atoms with Gasteiger partial charge in [0.2, 0.25) is 0 Å². The van der Waals surface area contributed by atoms with Crippen LogP contribution < -0.4 is 5.73 Å². The molecule has 2 rings (SSSR count). The Hall–Kier alpha value is -2.87. The summed E-state index contributed by atoms with van der Waals surface area (Å²) in [5.41, 5.74) is 6.18. The van der Waals surface area contributed by atoms with E-state index in [9.17, 15) is 10.1 Å². The van der Waals surface area contributed by atoms with E-state index in [1.165, 1.54) is 24.7 Å². The molecule has 0 aliphatic rings. The standard InChI is InChI=1S/C12H9ClN6O2/c13-11-7-15-6-9(17-11)12(14)18-16-5-8-3-1-2-4-10(8)19(20)21/h1-7H,(H2,14,18)/b16-5-. The van der Waals surface area contributed by atoms with Gasteiger partial charge in [0.1, 0.15) is 10.8 Å². The van der Waals surface area contributed by atoms with Crippen molar-refractivity contribution in [3.63, 3.8) is 0 Å². The van der Waals surface area contributed by atoms with Crippen molar-refractivity contribution in [3.8, 4) is 0 Å². The Bertz CT molecular complexity index is 731. The van der Waals surface area contributed by atoms with Gasteiger partial charge in [0, 0.05) is 6.07 Å². The average molecular weight is 305 g/mol. The maximum Gasteiger partial charge on any atom is 0.278 e. The van der Waals surface area contributed by atoms with Gasteiger partial charge in [0.25, 0.3) is 5.69 Å². The number of nitro groups is 1.